The molecule has 0 radical (unpaired) electrons. The van der Waals surface area contributed by atoms with Crippen LogP contribution < -0.4 is 4.90 Å². The van der Waals surface area contributed by atoms with E-state index in [1.807, 2.05) is 39.1 Å². The quantitative estimate of drug-likeness (QED) is 0.494. The third kappa shape index (κ3) is 5.82. The Morgan fingerprint density at radius 2 is 1.76 bits per heavy atom. The Morgan fingerprint density at radius 1 is 1.05 bits per heavy atom. The SMILES string of the molecule is Cc1ccc(N(CCCN2CC3=CN(C(=O)c4c(C)ncnc4C)CC3C2)C(=O)C2CN(C(=O)C(=O)O)C2)cc1Cl. The van der Waals surface area contributed by atoms with Gasteiger partial charge in [-0.25, -0.2) is 14.8 Å². The minimum atomic E-state index is -1.52. The number of benzene rings is 1. The average molecular weight is 581 g/mol. The van der Waals surface area contributed by atoms with E-state index in [0.29, 0.717) is 47.2 Å². The van der Waals surface area contributed by atoms with Crippen LogP contribution in [0.15, 0.2) is 36.3 Å². The smallest absolute Gasteiger partial charge is 0.394 e. The number of aliphatic carboxylic acids is 1. The Bertz CT molecular complexity index is 1420. The largest absolute Gasteiger partial charge is 0.474 e. The molecular weight excluding hydrogens is 548 g/mol. The van der Waals surface area contributed by atoms with Crippen molar-refractivity contribution in [3.63, 3.8) is 0 Å². The number of nitrogens with zero attached hydrogens (tertiary/aromatic N) is 6. The summed E-state index contributed by atoms with van der Waals surface area (Å²) in [5.41, 5.74) is 4.72. The zero-order chi connectivity index (χ0) is 29.4. The molecule has 216 valence electrons. The highest BCUT2D eigenvalue weighted by molar-refractivity contribution is 6.32. The van der Waals surface area contributed by atoms with Gasteiger partial charge in [0, 0.05) is 68.6 Å². The molecule has 0 aliphatic carbocycles. The summed E-state index contributed by atoms with van der Waals surface area (Å²) in [6.45, 7) is 9.15. The number of likely N-dealkylation sites (tertiary alicyclic amines) is 2. The third-order valence-corrected chi connectivity index (χ3v) is 8.55. The summed E-state index contributed by atoms with van der Waals surface area (Å²) >= 11 is 6.37. The first-order valence-electron chi connectivity index (χ1n) is 13.6. The van der Waals surface area contributed by atoms with Crippen molar-refractivity contribution < 1.29 is 24.3 Å². The lowest BCUT2D eigenvalue weighted by atomic mass is 9.97. The maximum absolute atomic E-state index is 13.4. The second-order valence-corrected chi connectivity index (χ2v) is 11.4. The van der Waals surface area contributed by atoms with E-state index in [4.69, 9.17) is 16.7 Å². The van der Waals surface area contributed by atoms with Gasteiger partial charge in [0.05, 0.1) is 22.9 Å². The molecule has 3 aliphatic heterocycles. The van der Waals surface area contributed by atoms with Crippen LogP contribution in [0, 0.1) is 32.6 Å². The number of fused-ring (bicyclic) bond motifs is 1. The average Bonchev–Trinajstić information content (AvgIpc) is 3.46. The Balaban J connectivity index is 1.19. The molecule has 1 N–H and O–H groups in total. The number of amides is 3. The van der Waals surface area contributed by atoms with Gasteiger partial charge in [-0.15, -0.1) is 0 Å². The fourth-order valence-corrected chi connectivity index (χ4v) is 5.95. The zero-order valence-corrected chi connectivity index (χ0v) is 24.1. The lowest BCUT2D eigenvalue weighted by molar-refractivity contribution is -0.160. The normalized spacial score (nSPS) is 18.6. The van der Waals surface area contributed by atoms with Gasteiger partial charge in [0.1, 0.15) is 6.33 Å². The van der Waals surface area contributed by atoms with Crippen molar-refractivity contribution in [1.82, 2.24) is 24.7 Å². The number of halogens is 1. The number of hydrogen-bond acceptors (Lipinski definition) is 7. The summed E-state index contributed by atoms with van der Waals surface area (Å²) in [5, 5.41) is 9.50. The van der Waals surface area contributed by atoms with Crippen LogP contribution in [0.1, 0.15) is 33.7 Å². The van der Waals surface area contributed by atoms with Crippen LogP contribution in [0.2, 0.25) is 5.02 Å². The lowest BCUT2D eigenvalue weighted by Crippen LogP contribution is -2.58. The van der Waals surface area contributed by atoms with Crippen molar-refractivity contribution in [2.45, 2.75) is 27.2 Å². The predicted octanol–water partition coefficient (Wildman–Crippen LogP) is 2.29. The predicted molar refractivity (Wildman–Crippen MR) is 151 cm³/mol. The molecule has 11 nitrogen and oxygen atoms in total. The maximum Gasteiger partial charge on any atom is 0.394 e. The van der Waals surface area contributed by atoms with Crippen molar-refractivity contribution >= 4 is 41.0 Å². The molecule has 0 spiro atoms. The van der Waals surface area contributed by atoms with Gasteiger partial charge in [-0.1, -0.05) is 17.7 Å². The van der Waals surface area contributed by atoms with Gasteiger partial charge in [-0.05, 0) is 50.5 Å². The van der Waals surface area contributed by atoms with Gasteiger partial charge in [-0.2, -0.15) is 0 Å². The Labute approximate surface area is 243 Å². The van der Waals surface area contributed by atoms with Crippen LogP contribution in [0.5, 0.6) is 0 Å². The zero-order valence-electron chi connectivity index (χ0n) is 23.3. The minimum absolute atomic E-state index is 0.0698. The highest BCUT2D eigenvalue weighted by atomic mass is 35.5. The molecule has 5 rings (SSSR count). The number of anilines is 1. The lowest BCUT2D eigenvalue weighted by Gasteiger charge is -2.39. The second-order valence-electron chi connectivity index (χ2n) is 11.0. The van der Waals surface area contributed by atoms with Crippen molar-refractivity contribution in [2.24, 2.45) is 11.8 Å². The van der Waals surface area contributed by atoms with E-state index >= 15 is 0 Å². The van der Waals surface area contributed by atoms with Gasteiger partial charge < -0.3 is 19.8 Å². The summed E-state index contributed by atoms with van der Waals surface area (Å²) < 4.78 is 0. The van der Waals surface area contributed by atoms with Crippen LogP contribution >= 0.6 is 11.6 Å². The van der Waals surface area contributed by atoms with Gasteiger partial charge in [-0.3, -0.25) is 19.3 Å². The van der Waals surface area contributed by atoms with Crippen molar-refractivity contribution in [2.75, 3.05) is 50.7 Å². The van der Waals surface area contributed by atoms with Crippen LogP contribution in [-0.2, 0) is 14.4 Å². The van der Waals surface area contributed by atoms with E-state index in [9.17, 15) is 19.2 Å². The molecule has 41 heavy (non-hydrogen) atoms. The molecule has 1 unspecified atom stereocenters. The second kappa shape index (κ2) is 11.6. The summed E-state index contributed by atoms with van der Waals surface area (Å²) in [4.78, 5) is 64.6. The van der Waals surface area contributed by atoms with E-state index in [1.54, 1.807) is 15.9 Å². The first kappa shape index (κ1) is 28.7. The molecule has 1 aromatic heterocycles. The van der Waals surface area contributed by atoms with E-state index in [0.717, 1.165) is 25.2 Å². The molecule has 0 bridgehead atoms. The molecule has 2 saturated heterocycles. The maximum atomic E-state index is 13.4. The molecule has 2 aromatic rings. The fourth-order valence-electron chi connectivity index (χ4n) is 5.78. The van der Waals surface area contributed by atoms with Crippen molar-refractivity contribution in [1.29, 1.82) is 0 Å². The summed E-state index contributed by atoms with van der Waals surface area (Å²) in [7, 11) is 0. The molecule has 2 fully saturated rings. The molecule has 3 amide bonds. The fraction of sp³-hybridized carbons (Fsp3) is 0.448. The van der Waals surface area contributed by atoms with E-state index < -0.39 is 17.8 Å². The minimum Gasteiger partial charge on any atom is -0.474 e. The Hall–Kier alpha value is -3.83. The summed E-state index contributed by atoms with van der Waals surface area (Å²) in [5.74, 6) is -2.92. The Morgan fingerprint density at radius 3 is 2.39 bits per heavy atom. The highest BCUT2D eigenvalue weighted by Gasteiger charge is 2.41. The van der Waals surface area contributed by atoms with Crippen LogP contribution in [0.25, 0.3) is 0 Å². The molecule has 1 atom stereocenters. The molecule has 4 heterocycles. The van der Waals surface area contributed by atoms with E-state index in [1.165, 1.54) is 16.8 Å². The third-order valence-electron chi connectivity index (χ3n) is 8.14. The Kier molecular flexibility index (Phi) is 8.10. The first-order valence-corrected chi connectivity index (χ1v) is 14.0. The first-order chi connectivity index (χ1) is 19.5. The van der Waals surface area contributed by atoms with E-state index in [-0.39, 0.29) is 30.8 Å². The molecule has 3 aliphatic rings. The number of carboxylic acids is 1. The van der Waals surface area contributed by atoms with Crippen molar-refractivity contribution in [3.05, 3.63) is 63.8 Å². The highest BCUT2D eigenvalue weighted by Crippen LogP contribution is 2.32. The van der Waals surface area contributed by atoms with Gasteiger partial charge in [0.2, 0.25) is 5.91 Å². The number of rotatable bonds is 7. The van der Waals surface area contributed by atoms with Crippen LogP contribution in [-0.4, -0.2) is 99.3 Å². The number of aromatic nitrogens is 2. The summed E-state index contributed by atoms with van der Waals surface area (Å²) in [6, 6.07) is 5.49. The molecular formula is C29H33ClN6O5. The summed E-state index contributed by atoms with van der Waals surface area (Å²) in [6.07, 6.45) is 4.15. The topological polar surface area (TPSA) is 127 Å². The van der Waals surface area contributed by atoms with Gasteiger partial charge >= 0.3 is 11.9 Å². The number of aryl methyl sites for hydroxylation is 3. The molecule has 12 heteroatoms. The van der Waals surface area contributed by atoms with Gasteiger partial charge in [0.25, 0.3) is 5.91 Å². The number of carboxylic acid groups (broad SMARTS) is 1. The number of hydrogen-bond donors (Lipinski definition) is 1. The standard InChI is InChI=1S/C29H33ClN6O5/c1-17-5-6-23(9-24(17)30)36(26(37)22-14-35(15-22)28(39)29(40)41)8-4-7-33-10-20-12-34(13-21(20)11-33)27(38)25-18(2)31-16-32-19(25)3/h5-6,9,12,16,21-22H,4,7-8,10-11,13-15H2,1-3H3,(H,40,41). The monoisotopic (exact) mass is 580 g/mol. The molecule has 1 aromatic carbocycles. The van der Waals surface area contributed by atoms with Crippen LogP contribution in [0.4, 0.5) is 5.69 Å². The number of carbonyl (C=O) groups excluding carboxylic acids is 3. The number of carbonyl (C=O) groups is 4. The van der Waals surface area contributed by atoms with Crippen molar-refractivity contribution in [3.8, 4) is 0 Å². The van der Waals surface area contributed by atoms with Gasteiger partial charge in [0.15, 0.2) is 0 Å². The van der Waals surface area contributed by atoms with E-state index in [2.05, 4.69) is 14.9 Å². The van der Waals surface area contributed by atoms with Crippen LogP contribution in [0.3, 0.4) is 0 Å². The molecule has 0 saturated carbocycles.